The van der Waals surface area contributed by atoms with E-state index in [-0.39, 0.29) is 13.0 Å². The molecule has 0 aromatic rings. The first-order chi connectivity index (χ1) is 5.95. The van der Waals surface area contributed by atoms with Gasteiger partial charge in [0.25, 0.3) is 6.57 Å². The lowest BCUT2D eigenvalue weighted by Gasteiger charge is -2.09. The molecule has 0 bridgehead atoms. The number of carbonyl (C=O) groups is 1. The van der Waals surface area contributed by atoms with E-state index in [2.05, 4.69) is 4.85 Å². The Labute approximate surface area is 77.9 Å². The Hall–Kier alpha value is -1.34. The number of nitrogens with two attached hydrogens (primary N) is 1. The van der Waals surface area contributed by atoms with Gasteiger partial charge in [0.15, 0.2) is 0 Å². The lowest BCUT2D eigenvalue weighted by molar-refractivity contribution is -0.137. The number of hydrogen-bond donors (Lipinski definition) is 2. The van der Waals surface area contributed by atoms with E-state index in [1.807, 2.05) is 13.8 Å². The SMILES string of the molecule is C#[N+][C@@](C=C(C)C)(CN)CC(=O)O. The molecule has 0 aliphatic rings. The van der Waals surface area contributed by atoms with E-state index in [9.17, 15) is 4.79 Å². The number of allylic oxidation sites excluding steroid dienone is 1. The summed E-state index contributed by atoms with van der Waals surface area (Å²) in [6.45, 7) is 8.94. The van der Waals surface area contributed by atoms with Crippen LogP contribution in [-0.4, -0.2) is 23.2 Å². The van der Waals surface area contributed by atoms with Crippen molar-refractivity contribution in [1.82, 2.24) is 0 Å². The summed E-state index contributed by atoms with van der Waals surface area (Å²) in [6, 6.07) is 0. The highest BCUT2D eigenvalue weighted by atomic mass is 16.4. The summed E-state index contributed by atoms with van der Waals surface area (Å²) in [5.74, 6) is -0.961. The molecule has 1 atom stereocenters. The van der Waals surface area contributed by atoms with E-state index >= 15 is 0 Å². The Morgan fingerprint density at radius 3 is 2.46 bits per heavy atom. The number of nitrogens with zero attached hydrogens (tertiary/aromatic N) is 1. The Morgan fingerprint density at radius 1 is 1.69 bits per heavy atom. The topological polar surface area (TPSA) is 67.7 Å². The first-order valence-electron chi connectivity index (χ1n) is 3.96. The molecule has 0 saturated heterocycles. The average Bonchev–Trinajstić information content (AvgIpc) is 2.01. The molecule has 4 nitrogen and oxygen atoms in total. The van der Waals surface area contributed by atoms with E-state index in [1.54, 1.807) is 6.08 Å². The minimum atomic E-state index is -0.961. The van der Waals surface area contributed by atoms with Crippen LogP contribution in [0.4, 0.5) is 0 Å². The molecule has 4 heteroatoms. The van der Waals surface area contributed by atoms with Crippen LogP contribution in [0, 0.1) is 6.57 Å². The minimum Gasteiger partial charge on any atom is -0.481 e. The van der Waals surface area contributed by atoms with Crippen LogP contribution in [0.25, 0.3) is 4.85 Å². The van der Waals surface area contributed by atoms with Crippen LogP contribution in [0.15, 0.2) is 11.6 Å². The Kier molecular flexibility index (Phi) is 4.15. The maximum Gasteiger partial charge on any atom is 0.321 e. The molecule has 0 aromatic heterocycles. The van der Waals surface area contributed by atoms with Crippen molar-refractivity contribution in [2.75, 3.05) is 6.54 Å². The zero-order valence-electron chi connectivity index (χ0n) is 7.95. The van der Waals surface area contributed by atoms with Gasteiger partial charge in [0.2, 0.25) is 0 Å². The minimum absolute atomic E-state index is 0.0982. The molecule has 0 rings (SSSR count). The maximum absolute atomic E-state index is 10.5. The van der Waals surface area contributed by atoms with Gasteiger partial charge in [-0.3, -0.25) is 4.79 Å². The third-order valence-electron chi connectivity index (χ3n) is 1.63. The monoisotopic (exact) mass is 183 g/mol. The smallest absolute Gasteiger partial charge is 0.321 e. The average molecular weight is 183 g/mol. The standard InChI is InChI=1S/C9H14N2O2/c1-7(2)4-9(6-10,11-3)5-8(12)13/h3-4H,5-6,10H2,1-2H3/p+1/t9-/m1/s1. The Morgan fingerprint density at radius 2 is 2.23 bits per heavy atom. The van der Waals surface area contributed by atoms with Gasteiger partial charge in [-0.15, -0.1) is 0 Å². The molecule has 0 aromatic carbocycles. The molecule has 0 saturated carbocycles. The maximum atomic E-state index is 10.5. The summed E-state index contributed by atoms with van der Waals surface area (Å²) < 4.78 is 0. The number of carboxylic acids is 1. The van der Waals surface area contributed by atoms with Crippen LogP contribution < -0.4 is 5.73 Å². The highest BCUT2D eigenvalue weighted by Gasteiger charge is 2.39. The zero-order valence-corrected chi connectivity index (χ0v) is 7.95. The van der Waals surface area contributed by atoms with Crippen molar-refractivity contribution in [1.29, 1.82) is 0 Å². The number of carboxylic acid groups (broad SMARTS) is 1. The van der Waals surface area contributed by atoms with Crippen molar-refractivity contribution in [2.24, 2.45) is 5.73 Å². The molecule has 0 aliphatic heterocycles. The second-order valence-corrected chi connectivity index (χ2v) is 3.23. The summed E-state index contributed by atoms with van der Waals surface area (Å²) >= 11 is 0. The fraction of sp³-hybridized carbons (Fsp3) is 0.556. The first kappa shape index (κ1) is 11.7. The van der Waals surface area contributed by atoms with E-state index in [0.717, 1.165) is 5.57 Å². The fourth-order valence-corrected chi connectivity index (χ4v) is 1.12. The van der Waals surface area contributed by atoms with Crippen LogP contribution in [0.5, 0.6) is 0 Å². The van der Waals surface area contributed by atoms with Gasteiger partial charge in [0.1, 0.15) is 6.42 Å². The molecule has 0 aliphatic carbocycles. The fourth-order valence-electron chi connectivity index (χ4n) is 1.12. The largest absolute Gasteiger partial charge is 0.481 e. The quantitative estimate of drug-likeness (QED) is 0.641. The predicted octanol–water partition coefficient (Wildman–Crippen LogP) is 1.09. The van der Waals surface area contributed by atoms with E-state index < -0.39 is 11.5 Å². The number of aliphatic carboxylic acids is 1. The zero-order chi connectivity index (χ0) is 10.5. The Balaban J connectivity index is 4.84. The van der Waals surface area contributed by atoms with Crippen molar-refractivity contribution in [2.45, 2.75) is 25.8 Å². The molecule has 3 N–H and O–H groups in total. The second-order valence-electron chi connectivity index (χ2n) is 3.23. The molecule has 0 spiro atoms. The van der Waals surface area contributed by atoms with E-state index in [4.69, 9.17) is 17.4 Å². The van der Waals surface area contributed by atoms with Crippen LogP contribution >= 0.6 is 0 Å². The molecule has 72 valence electrons. The van der Waals surface area contributed by atoms with Gasteiger partial charge in [0, 0.05) is 6.08 Å². The van der Waals surface area contributed by atoms with Gasteiger partial charge >= 0.3 is 11.5 Å². The first-order valence-corrected chi connectivity index (χ1v) is 3.96. The highest BCUT2D eigenvalue weighted by molar-refractivity contribution is 5.69. The Bertz CT molecular complexity index is 261. The number of rotatable bonds is 4. The molecule has 0 unspecified atom stereocenters. The predicted molar refractivity (Wildman–Crippen MR) is 51.8 cm³/mol. The summed E-state index contributed by atoms with van der Waals surface area (Å²) in [4.78, 5) is 14.0. The van der Waals surface area contributed by atoms with E-state index in [0.29, 0.717) is 0 Å². The summed E-state index contributed by atoms with van der Waals surface area (Å²) in [7, 11) is 0. The van der Waals surface area contributed by atoms with Crippen LogP contribution in [0.3, 0.4) is 0 Å². The van der Waals surface area contributed by atoms with Crippen LogP contribution in [0.1, 0.15) is 20.3 Å². The van der Waals surface area contributed by atoms with Gasteiger partial charge in [-0.05, 0) is 13.8 Å². The van der Waals surface area contributed by atoms with Gasteiger partial charge in [-0.1, -0.05) is 10.4 Å². The molecular formula is C9H15N2O2+. The molecule has 13 heavy (non-hydrogen) atoms. The lowest BCUT2D eigenvalue weighted by atomic mass is 9.94. The molecule has 0 radical (unpaired) electrons. The summed E-state index contributed by atoms with van der Waals surface area (Å²) in [5, 5.41) is 8.62. The van der Waals surface area contributed by atoms with Gasteiger partial charge in [0.05, 0.1) is 6.54 Å². The summed E-state index contributed by atoms with van der Waals surface area (Å²) in [5.41, 5.74) is 5.42. The third kappa shape index (κ3) is 3.72. The van der Waals surface area contributed by atoms with Crippen molar-refractivity contribution in [3.63, 3.8) is 0 Å². The highest BCUT2D eigenvalue weighted by Crippen LogP contribution is 2.18. The van der Waals surface area contributed by atoms with Gasteiger partial charge < -0.3 is 10.8 Å². The third-order valence-corrected chi connectivity index (χ3v) is 1.63. The van der Waals surface area contributed by atoms with Crippen LogP contribution in [0.2, 0.25) is 0 Å². The normalized spacial score (nSPS) is 14.0. The van der Waals surface area contributed by atoms with Gasteiger partial charge in [-0.25, -0.2) is 0 Å². The molecule has 0 heterocycles. The van der Waals surface area contributed by atoms with Crippen molar-refractivity contribution < 1.29 is 9.90 Å². The molecular weight excluding hydrogens is 168 g/mol. The second kappa shape index (κ2) is 4.63. The van der Waals surface area contributed by atoms with Crippen molar-refractivity contribution in [3.05, 3.63) is 16.5 Å². The molecule has 0 amide bonds. The summed E-state index contributed by atoms with van der Waals surface area (Å²) in [6.07, 6.45) is 1.51. The lowest BCUT2D eigenvalue weighted by Crippen LogP contribution is -2.35. The van der Waals surface area contributed by atoms with E-state index in [1.165, 1.54) is 0 Å². The molecule has 0 fully saturated rings. The van der Waals surface area contributed by atoms with Crippen LogP contribution in [-0.2, 0) is 4.79 Å². The van der Waals surface area contributed by atoms with Crippen molar-refractivity contribution >= 4 is 5.97 Å². The van der Waals surface area contributed by atoms with Crippen molar-refractivity contribution in [3.8, 4) is 6.57 Å². The van der Waals surface area contributed by atoms with Gasteiger partial charge in [-0.2, -0.15) is 0 Å². The number of hydrogen-bond acceptors (Lipinski definition) is 2.